The zero-order valence-electron chi connectivity index (χ0n) is 22.1. The smallest absolute Gasteiger partial charge is 0.410 e. The maximum absolute atomic E-state index is 13.0. The van der Waals surface area contributed by atoms with E-state index in [9.17, 15) is 13.2 Å². The first-order chi connectivity index (χ1) is 18.1. The van der Waals surface area contributed by atoms with Gasteiger partial charge in [0.05, 0.1) is 10.6 Å². The van der Waals surface area contributed by atoms with Crippen molar-refractivity contribution in [2.75, 3.05) is 46.1 Å². The van der Waals surface area contributed by atoms with Crippen molar-refractivity contribution >= 4 is 15.9 Å². The number of sulfone groups is 1. The summed E-state index contributed by atoms with van der Waals surface area (Å²) in [5, 5.41) is 8.14. The highest BCUT2D eigenvalue weighted by atomic mass is 32.2. The molecule has 2 aromatic rings. The van der Waals surface area contributed by atoms with Gasteiger partial charge in [0.1, 0.15) is 5.60 Å². The molecule has 0 saturated carbocycles. The molecule has 206 valence electrons. The van der Waals surface area contributed by atoms with Crippen LogP contribution in [0.4, 0.5) is 4.79 Å². The second kappa shape index (κ2) is 10.7. The van der Waals surface area contributed by atoms with E-state index in [1.54, 1.807) is 12.1 Å². The van der Waals surface area contributed by atoms with Crippen molar-refractivity contribution in [3.05, 3.63) is 36.0 Å². The largest absolute Gasteiger partial charge is 0.454 e. The molecule has 0 radical (unpaired) electrons. The van der Waals surface area contributed by atoms with Crippen LogP contribution in [0, 0.1) is 0 Å². The Morgan fingerprint density at radius 1 is 0.974 bits per heavy atom. The number of rotatable bonds is 5. The molecule has 4 heterocycles. The molecule has 0 atom stereocenters. The van der Waals surface area contributed by atoms with Gasteiger partial charge in [-0.05, 0) is 57.9 Å². The molecule has 1 amide bonds. The summed E-state index contributed by atoms with van der Waals surface area (Å²) in [6.45, 7) is 11.5. The van der Waals surface area contributed by atoms with Gasteiger partial charge in [0.15, 0.2) is 16.5 Å². The number of likely N-dealkylation sites (tertiary alicyclic amines) is 1. The van der Waals surface area contributed by atoms with Crippen LogP contribution in [-0.4, -0.2) is 97.1 Å². The van der Waals surface area contributed by atoms with E-state index in [-0.39, 0.29) is 22.8 Å². The number of hydrogen-bond acceptors (Lipinski definition) is 10. The molecule has 0 bridgehead atoms. The summed E-state index contributed by atoms with van der Waals surface area (Å²) in [5.74, 6) is 0.931. The molecular formula is C26H35N5O6S. The Hall–Kier alpha value is -2.96. The maximum atomic E-state index is 13.0. The van der Waals surface area contributed by atoms with E-state index in [1.165, 1.54) is 18.2 Å². The SMILES string of the molecule is CC(C)(C)OC(=O)N1CCC(N2CCN(Cc3ccc(S(=O)(=O)c4ccc5c(c4)OCO5)nn3)CC2)CC1. The summed E-state index contributed by atoms with van der Waals surface area (Å²) >= 11 is 0. The molecule has 0 unspecified atom stereocenters. The predicted molar refractivity (Wildman–Crippen MR) is 138 cm³/mol. The lowest BCUT2D eigenvalue weighted by atomic mass is 10.0. The molecule has 0 spiro atoms. The summed E-state index contributed by atoms with van der Waals surface area (Å²) in [5.41, 5.74) is 0.254. The third-order valence-corrected chi connectivity index (χ3v) is 8.69. The Kier molecular flexibility index (Phi) is 7.47. The summed E-state index contributed by atoms with van der Waals surface area (Å²) in [7, 11) is -3.81. The molecule has 12 heteroatoms. The molecule has 1 aromatic heterocycles. The summed E-state index contributed by atoms with van der Waals surface area (Å²) in [4.78, 5) is 19.1. The van der Waals surface area contributed by atoms with Gasteiger partial charge < -0.3 is 19.1 Å². The molecule has 11 nitrogen and oxygen atoms in total. The highest BCUT2D eigenvalue weighted by molar-refractivity contribution is 7.91. The zero-order valence-corrected chi connectivity index (χ0v) is 22.9. The third kappa shape index (κ3) is 6.02. The average Bonchev–Trinajstić information content (AvgIpc) is 3.37. The van der Waals surface area contributed by atoms with Crippen LogP contribution in [0.5, 0.6) is 11.5 Å². The summed E-state index contributed by atoms with van der Waals surface area (Å²) in [6.07, 6.45) is 1.67. The lowest BCUT2D eigenvalue weighted by Crippen LogP contribution is -2.53. The number of aromatic nitrogens is 2. The van der Waals surface area contributed by atoms with Crippen molar-refractivity contribution in [2.24, 2.45) is 0 Å². The van der Waals surface area contributed by atoms with Crippen LogP contribution in [0.3, 0.4) is 0 Å². The Morgan fingerprint density at radius 3 is 2.34 bits per heavy atom. The van der Waals surface area contributed by atoms with E-state index in [0.29, 0.717) is 24.1 Å². The Labute approximate surface area is 223 Å². The van der Waals surface area contributed by atoms with E-state index in [2.05, 4.69) is 20.0 Å². The van der Waals surface area contributed by atoms with Gasteiger partial charge in [-0.1, -0.05) is 0 Å². The fourth-order valence-electron chi connectivity index (χ4n) is 5.00. The number of nitrogens with zero attached hydrogens (tertiary/aromatic N) is 5. The molecule has 2 saturated heterocycles. The first-order valence-corrected chi connectivity index (χ1v) is 14.5. The Morgan fingerprint density at radius 2 is 1.68 bits per heavy atom. The van der Waals surface area contributed by atoms with E-state index in [1.807, 2.05) is 25.7 Å². The van der Waals surface area contributed by atoms with Gasteiger partial charge in [-0.3, -0.25) is 9.80 Å². The van der Waals surface area contributed by atoms with Crippen molar-refractivity contribution in [1.82, 2.24) is 24.9 Å². The minimum Gasteiger partial charge on any atom is -0.454 e. The fourth-order valence-corrected chi connectivity index (χ4v) is 6.14. The first kappa shape index (κ1) is 26.6. The average molecular weight is 546 g/mol. The quantitative estimate of drug-likeness (QED) is 0.555. The van der Waals surface area contributed by atoms with Gasteiger partial charge >= 0.3 is 6.09 Å². The number of ether oxygens (including phenoxy) is 3. The minimum absolute atomic E-state index is 0.0783. The molecule has 0 N–H and O–H groups in total. The van der Waals surface area contributed by atoms with E-state index in [4.69, 9.17) is 14.2 Å². The molecule has 2 fully saturated rings. The van der Waals surface area contributed by atoms with Gasteiger partial charge in [-0.2, -0.15) is 5.10 Å². The number of fused-ring (bicyclic) bond motifs is 1. The van der Waals surface area contributed by atoms with Crippen molar-refractivity contribution in [1.29, 1.82) is 0 Å². The maximum Gasteiger partial charge on any atom is 0.410 e. The van der Waals surface area contributed by atoms with Gasteiger partial charge in [0.2, 0.25) is 16.6 Å². The molecule has 5 rings (SSSR count). The minimum atomic E-state index is -3.81. The number of amides is 1. The summed E-state index contributed by atoms with van der Waals surface area (Å²) < 4.78 is 42.1. The van der Waals surface area contributed by atoms with Crippen LogP contribution in [0.1, 0.15) is 39.3 Å². The molecule has 3 aliphatic rings. The van der Waals surface area contributed by atoms with E-state index in [0.717, 1.165) is 57.8 Å². The number of hydrogen-bond donors (Lipinski definition) is 0. The molecule has 38 heavy (non-hydrogen) atoms. The highest BCUT2D eigenvalue weighted by Crippen LogP contribution is 2.35. The number of carbonyl (C=O) groups excluding carboxylic acids is 1. The van der Waals surface area contributed by atoms with Gasteiger partial charge in [-0.15, -0.1) is 5.10 Å². The number of piperazine rings is 1. The van der Waals surface area contributed by atoms with Crippen LogP contribution in [-0.2, 0) is 21.1 Å². The van der Waals surface area contributed by atoms with Crippen molar-refractivity contribution in [3.8, 4) is 11.5 Å². The molecule has 1 aromatic carbocycles. The standard InChI is InChI=1S/C26H35N5O6S/c1-26(2,3)37-25(32)31-10-8-20(9-11-31)30-14-12-29(13-15-30)17-19-4-7-24(28-27-19)38(33,34)21-5-6-22-23(16-21)36-18-35-22/h4-7,16,20H,8-15,17-18H2,1-3H3. The molecular weight excluding hydrogens is 510 g/mol. The van der Waals surface area contributed by atoms with Crippen LogP contribution in [0.2, 0.25) is 0 Å². The Balaban J connectivity index is 1.10. The predicted octanol–water partition coefficient (Wildman–Crippen LogP) is 2.56. The van der Waals surface area contributed by atoms with Crippen molar-refractivity contribution in [2.45, 2.75) is 61.7 Å². The van der Waals surface area contributed by atoms with Gasteiger partial charge in [0.25, 0.3) is 0 Å². The molecule has 0 aliphatic carbocycles. The highest BCUT2D eigenvalue weighted by Gasteiger charge is 2.31. The summed E-state index contributed by atoms with van der Waals surface area (Å²) in [6, 6.07) is 8.23. The van der Waals surface area contributed by atoms with E-state index >= 15 is 0 Å². The van der Waals surface area contributed by atoms with Crippen molar-refractivity contribution < 1.29 is 27.4 Å². The monoisotopic (exact) mass is 545 g/mol. The van der Waals surface area contributed by atoms with Crippen LogP contribution >= 0.6 is 0 Å². The van der Waals surface area contributed by atoms with Crippen LogP contribution < -0.4 is 9.47 Å². The number of piperidine rings is 1. The van der Waals surface area contributed by atoms with Gasteiger partial charge in [0, 0.05) is 57.9 Å². The zero-order chi connectivity index (χ0) is 26.9. The Bertz CT molecular complexity index is 1250. The molecule has 3 aliphatic heterocycles. The van der Waals surface area contributed by atoms with Crippen molar-refractivity contribution in [3.63, 3.8) is 0 Å². The topological polar surface area (TPSA) is 114 Å². The number of benzene rings is 1. The third-order valence-electron chi connectivity index (χ3n) is 7.05. The lowest BCUT2D eigenvalue weighted by molar-refractivity contribution is 0.00962. The second-order valence-corrected chi connectivity index (χ2v) is 12.8. The second-order valence-electron chi connectivity index (χ2n) is 10.9. The van der Waals surface area contributed by atoms with E-state index < -0.39 is 15.4 Å². The van der Waals surface area contributed by atoms with Crippen LogP contribution in [0.25, 0.3) is 0 Å². The van der Waals surface area contributed by atoms with Gasteiger partial charge in [-0.25, -0.2) is 13.2 Å². The first-order valence-electron chi connectivity index (χ1n) is 13.0. The lowest BCUT2D eigenvalue weighted by Gasteiger charge is -2.42. The fraction of sp³-hybridized carbons (Fsp3) is 0.577. The van der Waals surface area contributed by atoms with Crippen LogP contribution in [0.15, 0.2) is 40.3 Å². The normalized spacial score (nSPS) is 19.5. The number of carbonyl (C=O) groups is 1.